The number of rotatable bonds is 5. The molecule has 1 aliphatic rings. The molecular formula is C18H19ClO8. The molecule has 146 valence electrons. The fourth-order valence-electron chi connectivity index (χ4n) is 2.56. The maximum absolute atomic E-state index is 12.3. The lowest BCUT2D eigenvalue weighted by Gasteiger charge is -2.43. The number of halogens is 1. The van der Waals surface area contributed by atoms with E-state index < -0.39 is 47.4 Å². The Morgan fingerprint density at radius 3 is 2.26 bits per heavy atom. The van der Waals surface area contributed by atoms with Gasteiger partial charge >= 0.3 is 17.9 Å². The second kappa shape index (κ2) is 8.51. The molecule has 0 aromatic heterocycles. The van der Waals surface area contributed by atoms with E-state index in [1.54, 1.807) is 18.2 Å². The predicted octanol–water partition coefficient (Wildman–Crippen LogP) is 0.933. The quantitative estimate of drug-likeness (QED) is 0.325. The topological polar surface area (TPSA) is 119 Å². The Bertz CT molecular complexity index is 734. The van der Waals surface area contributed by atoms with Crippen molar-refractivity contribution in [2.75, 3.05) is 0 Å². The maximum atomic E-state index is 12.3. The Hall–Kier alpha value is -2.42. The van der Waals surface area contributed by atoms with E-state index in [-0.39, 0.29) is 5.56 Å². The summed E-state index contributed by atoms with van der Waals surface area (Å²) in [5, 5.41) is 20.2. The number of aliphatic hydroxyl groups excluding tert-OH is 1. The largest absolute Gasteiger partial charge is 0.455 e. The average Bonchev–Trinajstić information content (AvgIpc) is 2.61. The van der Waals surface area contributed by atoms with Gasteiger partial charge in [0.1, 0.15) is 12.2 Å². The van der Waals surface area contributed by atoms with Crippen LogP contribution >= 0.6 is 11.6 Å². The summed E-state index contributed by atoms with van der Waals surface area (Å²) in [6.45, 7) is 2.15. The highest BCUT2D eigenvalue weighted by molar-refractivity contribution is 6.22. The third-order valence-corrected chi connectivity index (χ3v) is 4.37. The fourth-order valence-corrected chi connectivity index (χ4v) is 2.88. The lowest BCUT2D eigenvalue weighted by molar-refractivity contribution is -0.250. The van der Waals surface area contributed by atoms with Crippen LogP contribution in [0.4, 0.5) is 0 Å². The van der Waals surface area contributed by atoms with Crippen LogP contribution in [-0.4, -0.2) is 57.6 Å². The number of carbonyl (C=O) groups is 3. The molecule has 0 bridgehead atoms. The van der Waals surface area contributed by atoms with E-state index in [1.807, 2.05) is 0 Å². The first kappa shape index (κ1) is 20.9. The van der Waals surface area contributed by atoms with Crippen molar-refractivity contribution in [3.63, 3.8) is 0 Å². The standard InChI is InChI=1S/C18H19ClO8/c1-10(20)25-13-8-9-14(19)18(24,15(13)22)17(26-11(2)21)27-16(23)12-6-4-3-5-7-12/h3-9,13-15,17,22,24H,1-2H3/t13-,14-,15+,17?,18-/m1/s1. The molecule has 1 aliphatic carbocycles. The molecule has 0 saturated heterocycles. The van der Waals surface area contributed by atoms with Crippen molar-refractivity contribution < 1.29 is 38.8 Å². The van der Waals surface area contributed by atoms with Crippen molar-refractivity contribution in [2.24, 2.45) is 0 Å². The van der Waals surface area contributed by atoms with Crippen molar-refractivity contribution in [3.8, 4) is 0 Å². The normalized spacial score (nSPS) is 28.1. The molecule has 2 rings (SSSR count). The van der Waals surface area contributed by atoms with Crippen LogP contribution in [0.3, 0.4) is 0 Å². The second-order valence-electron chi connectivity index (χ2n) is 5.91. The number of alkyl halides is 1. The van der Waals surface area contributed by atoms with Crippen LogP contribution in [0, 0.1) is 0 Å². The summed E-state index contributed by atoms with van der Waals surface area (Å²) in [5.74, 6) is -2.52. The highest BCUT2D eigenvalue weighted by Crippen LogP contribution is 2.35. The van der Waals surface area contributed by atoms with Gasteiger partial charge in [-0.05, 0) is 18.2 Å². The van der Waals surface area contributed by atoms with E-state index in [9.17, 15) is 24.6 Å². The fraction of sp³-hybridized carbons (Fsp3) is 0.389. The van der Waals surface area contributed by atoms with Crippen LogP contribution < -0.4 is 0 Å². The molecule has 0 spiro atoms. The van der Waals surface area contributed by atoms with Gasteiger partial charge in [0.25, 0.3) is 6.29 Å². The number of esters is 3. The van der Waals surface area contributed by atoms with E-state index >= 15 is 0 Å². The van der Waals surface area contributed by atoms with Gasteiger partial charge in [0.05, 0.1) is 10.9 Å². The van der Waals surface area contributed by atoms with Crippen LogP contribution in [0.5, 0.6) is 0 Å². The van der Waals surface area contributed by atoms with Gasteiger partial charge in [-0.15, -0.1) is 11.6 Å². The second-order valence-corrected chi connectivity index (χ2v) is 6.38. The first-order valence-electron chi connectivity index (χ1n) is 7.99. The minimum absolute atomic E-state index is 0.127. The average molecular weight is 399 g/mol. The number of carbonyl (C=O) groups excluding carboxylic acids is 3. The van der Waals surface area contributed by atoms with Crippen LogP contribution in [0.2, 0.25) is 0 Å². The summed E-state index contributed by atoms with van der Waals surface area (Å²) in [5.41, 5.74) is -2.34. The molecule has 1 aromatic carbocycles. The van der Waals surface area contributed by atoms with Gasteiger partial charge in [-0.25, -0.2) is 4.79 Å². The Morgan fingerprint density at radius 1 is 1.07 bits per heavy atom. The number of hydrogen-bond donors (Lipinski definition) is 2. The minimum Gasteiger partial charge on any atom is -0.455 e. The third-order valence-electron chi connectivity index (χ3n) is 3.87. The Labute approximate surface area is 160 Å². The summed E-state index contributed by atoms with van der Waals surface area (Å²) in [6.07, 6.45) is -2.54. The molecule has 1 unspecified atom stereocenters. The number of hydrogen-bond acceptors (Lipinski definition) is 8. The van der Waals surface area contributed by atoms with E-state index in [1.165, 1.54) is 24.3 Å². The molecule has 0 aliphatic heterocycles. The van der Waals surface area contributed by atoms with Gasteiger partial charge in [-0.2, -0.15) is 0 Å². The summed E-state index contributed by atoms with van der Waals surface area (Å²) in [6, 6.07) is 7.77. The molecule has 0 fully saturated rings. The number of ether oxygens (including phenoxy) is 3. The lowest BCUT2D eigenvalue weighted by Crippen LogP contribution is -2.65. The Morgan fingerprint density at radius 2 is 1.70 bits per heavy atom. The van der Waals surface area contributed by atoms with Crippen LogP contribution in [0.25, 0.3) is 0 Å². The van der Waals surface area contributed by atoms with Crippen molar-refractivity contribution in [1.29, 1.82) is 0 Å². The van der Waals surface area contributed by atoms with E-state index in [4.69, 9.17) is 25.8 Å². The van der Waals surface area contributed by atoms with Crippen LogP contribution in [0.1, 0.15) is 24.2 Å². The molecule has 5 atom stereocenters. The van der Waals surface area contributed by atoms with E-state index in [0.29, 0.717) is 0 Å². The summed E-state index contributed by atoms with van der Waals surface area (Å²) in [7, 11) is 0. The Kier molecular flexibility index (Phi) is 6.59. The van der Waals surface area contributed by atoms with Gasteiger partial charge in [0, 0.05) is 13.8 Å². The van der Waals surface area contributed by atoms with Crippen molar-refractivity contribution in [2.45, 2.75) is 43.3 Å². The van der Waals surface area contributed by atoms with Gasteiger partial charge < -0.3 is 24.4 Å². The predicted molar refractivity (Wildman–Crippen MR) is 92.7 cm³/mol. The monoisotopic (exact) mass is 398 g/mol. The van der Waals surface area contributed by atoms with Gasteiger partial charge in [-0.1, -0.05) is 24.3 Å². The molecule has 2 N–H and O–H groups in total. The molecule has 27 heavy (non-hydrogen) atoms. The minimum atomic E-state index is -2.47. The van der Waals surface area contributed by atoms with Crippen LogP contribution in [-0.2, 0) is 23.8 Å². The van der Waals surface area contributed by atoms with Crippen molar-refractivity contribution in [1.82, 2.24) is 0 Å². The smallest absolute Gasteiger partial charge is 0.341 e. The lowest BCUT2D eigenvalue weighted by atomic mass is 9.83. The third kappa shape index (κ3) is 4.65. The molecule has 0 radical (unpaired) electrons. The van der Waals surface area contributed by atoms with Crippen LogP contribution in [0.15, 0.2) is 42.5 Å². The highest BCUT2D eigenvalue weighted by atomic mass is 35.5. The zero-order chi connectivity index (χ0) is 20.2. The molecule has 9 heteroatoms. The number of aliphatic hydroxyl groups is 2. The van der Waals surface area contributed by atoms with E-state index in [2.05, 4.69) is 0 Å². The maximum Gasteiger partial charge on any atom is 0.341 e. The molecule has 8 nitrogen and oxygen atoms in total. The summed E-state index contributed by atoms with van der Waals surface area (Å²) in [4.78, 5) is 35.0. The van der Waals surface area contributed by atoms with Crippen molar-refractivity contribution >= 4 is 29.5 Å². The molecule has 0 amide bonds. The van der Waals surface area contributed by atoms with Gasteiger partial charge in [-0.3, -0.25) is 9.59 Å². The van der Waals surface area contributed by atoms with Crippen molar-refractivity contribution in [3.05, 3.63) is 48.0 Å². The molecular weight excluding hydrogens is 380 g/mol. The SMILES string of the molecule is CC(=O)OC(OC(=O)c1ccccc1)[C@@]1(O)[C@H](Cl)C=C[C@@H](OC(C)=O)[C@@H]1O. The first-order valence-corrected chi connectivity index (χ1v) is 8.43. The molecule has 1 aromatic rings. The van der Waals surface area contributed by atoms with E-state index in [0.717, 1.165) is 13.8 Å². The summed E-state index contributed by atoms with van der Waals surface area (Å²) >= 11 is 6.11. The number of benzene rings is 1. The first-order chi connectivity index (χ1) is 12.7. The van der Waals surface area contributed by atoms with Gasteiger partial charge in [0.15, 0.2) is 5.60 Å². The zero-order valence-electron chi connectivity index (χ0n) is 14.6. The molecule has 0 saturated carbocycles. The summed E-state index contributed by atoms with van der Waals surface area (Å²) < 4.78 is 15.0. The van der Waals surface area contributed by atoms with Gasteiger partial charge in [0.2, 0.25) is 0 Å². The molecule has 0 heterocycles. The zero-order valence-corrected chi connectivity index (χ0v) is 15.3. The Balaban J connectivity index is 2.35. The highest BCUT2D eigenvalue weighted by Gasteiger charge is 2.57.